The van der Waals surface area contributed by atoms with E-state index in [9.17, 15) is 13.8 Å². The highest BCUT2D eigenvalue weighted by Gasteiger charge is 2.13. The zero-order chi connectivity index (χ0) is 12.4. The third-order valence-corrected chi connectivity index (χ3v) is 3.08. The highest BCUT2D eigenvalue weighted by atomic mass is 32.2. The van der Waals surface area contributed by atoms with Gasteiger partial charge < -0.3 is 9.47 Å². The molecule has 16 heavy (non-hydrogen) atoms. The molecule has 6 heteroatoms. The number of ketones is 1. The lowest BCUT2D eigenvalue weighted by Crippen LogP contribution is -2.18. The molecule has 94 valence electrons. The van der Waals surface area contributed by atoms with Gasteiger partial charge in [-0.2, -0.15) is 0 Å². The molecule has 0 heterocycles. The van der Waals surface area contributed by atoms with Crippen LogP contribution >= 0.6 is 0 Å². The number of methoxy groups -OCH3 is 1. The van der Waals surface area contributed by atoms with Crippen LogP contribution in [0.1, 0.15) is 19.8 Å². The molecule has 0 aliphatic heterocycles. The zero-order valence-electron chi connectivity index (χ0n) is 9.69. The minimum Gasteiger partial charge on any atom is -0.466 e. The molecule has 0 N–H and O–H groups in total. The Morgan fingerprint density at radius 1 is 1.31 bits per heavy atom. The van der Waals surface area contributed by atoms with E-state index in [0.29, 0.717) is 18.8 Å². The number of rotatable bonds is 9. The van der Waals surface area contributed by atoms with Crippen LogP contribution in [0, 0.1) is 0 Å². The van der Waals surface area contributed by atoms with Crippen molar-refractivity contribution in [3.8, 4) is 0 Å². The van der Waals surface area contributed by atoms with Crippen molar-refractivity contribution in [2.75, 3.05) is 31.8 Å². The van der Waals surface area contributed by atoms with Crippen LogP contribution in [0.25, 0.3) is 0 Å². The van der Waals surface area contributed by atoms with Gasteiger partial charge in [0.05, 0.1) is 12.4 Å². The Bertz CT molecular complexity index is 252. The first kappa shape index (κ1) is 15.2. The summed E-state index contributed by atoms with van der Waals surface area (Å²) < 4.78 is 20.8. The van der Waals surface area contributed by atoms with E-state index in [0.717, 1.165) is 0 Å². The summed E-state index contributed by atoms with van der Waals surface area (Å²) in [6.07, 6.45) is 0.361. The number of hydrogen-bond donors (Lipinski definition) is 0. The largest absolute Gasteiger partial charge is 0.466 e. The molecular formula is C10H18O5S. The number of ether oxygens (including phenoxy) is 2. The van der Waals surface area contributed by atoms with Gasteiger partial charge >= 0.3 is 5.97 Å². The lowest BCUT2D eigenvalue weighted by Gasteiger charge is -2.02. The second kappa shape index (κ2) is 9.47. The van der Waals surface area contributed by atoms with Crippen molar-refractivity contribution in [2.24, 2.45) is 0 Å². The van der Waals surface area contributed by atoms with Crippen molar-refractivity contribution < 1.29 is 23.3 Å². The van der Waals surface area contributed by atoms with Crippen LogP contribution in [0.5, 0.6) is 0 Å². The maximum absolute atomic E-state index is 11.4. The molecule has 1 unspecified atom stereocenters. The molecule has 0 saturated carbocycles. The number of carbonyl (C=O) groups excluding carboxylic acids is 2. The van der Waals surface area contributed by atoms with E-state index in [2.05, 4.69) is 4.74 Å². The van der Waals surface area contributed by atoms with Gasteiger partial charge in [-0.1, -0.05) is 0 Å². The molecule has 0 radical (unpaired) electrons. The second-order valence-corrected chi connectivity index (χ2v) is 4.73. The van der Waals surface area contributed by atoms with Crippen molar-refractivity contribution in [2.45, 2.75) is 19.8 Å². The Labute approximate surface area is 97.9 Å². The smallest absolute Gasteiger partial charge is 0.313 e. The summed E-state index contributed by atoms with van der Waals surface area (Å²) in [6, 6.07) is 0. The van der Waals surface area contributed by atoms with Crippen molar-refractivity contribution in [3.05, 3.63) is 0 Å². The average molecular weight is 250 g/mol. The zero-order valence-corrected chi connectivity index (χ0v) is 10.5. The lowest BCUT2D eigenvalue weighted by molar-refractivity contribution is -0.145. The topological polar surface area (TPSA) is 69.7 Å². The minimum absolute atomic E-state index is 0.0808. The Balaban J connectivity index is 3.69. The number of hydrogen-bond acceptors (Lipinski definition) is 5. The SMILES string of the molecule is CCOC(=O)CC(=O)CS(=O)CCCOC. The highest BCUT2D eigenvalue weighted by molar-refractivity contribution is 7.85. The van der Waals surface area contributed by atoms with Crippen molar-refractivity contribution in [1.82, 2.24) is 0 Å². The third kappa shape index (κ3) is 8.55. The van der Waals surface area contributed by atoms with Gasteiger partial charge in [0.25, 0.3) is 0 Å². The van der Waals surface area contributed by atoms with Gasteiger partial charge in [0, 0.05) is 30.3 Å². The van der Waals surface area contributed by atoms with E-state index in [1.165, 1.54) is 0 Å². The molecule has 0 bridgehead atoms. The molecule has 0 spiro atoms. The molecule has 0 aromatic heterocycles. The molecule has 0 saturated heterocycles. The van der Waals surface area contributed by atoms with Gasteiger partial charge in [0.1, 0.15) is 6.42 Å². The van der Waals surface area contributed by atoms with Gasteiger partial charge in [0.15, 0.2) is 5.78 Å². The van der Waals surface area contributed by atoms with Crippen molar-refractivity contribution in [3.63, 3.8) is 0 Å². The Kier molecular flexibility index (Phi) is 9.03. The monoisotopic (exact) mass is 250 g/mol. The highest BCUT2D eigenvalue weighted by Crippen LogP contribution is 1.94. The van der Waals surface area contributed by atoms with Crippen LogP contribution in [0.3, 0.4) is 0 Å². The second-order valence-electron chi connectivity index (χ2n) is 3.16. The molecule has 0 amide bonds. The Morgan fingerprint density at radius 3 is 2.56 bits per heavy atom. The quantitative estimate of drug-likeness (QED) is 0.334. The predicted octanol–water partition coefficient (Wildman–Crippen LogP) is 0.294. The summed E-state index contributed by atoms with van der Waals surface area (Å²) in [5.74, 6) is -0.555. The number of carbonyl (C=O) groups is 2. The van der Waals surface area contributed by atoms with Crippen molar-refractivity contribution >= 4 is 22.6 Å². The van der Waals surface area contributed by atoms with Gasteiger partial charge in [0.2, 0.25) is 0 Å². The number of esters is 1. The fourth-order valence-corrected chi connectivity index (χ4v) is 2.09. The minimum atomic E-state index is -1.21. The van der Waals surface area contributed by atoms with E-state index < -0.39 is 16.8 Å². The van der Waals surface area contributed by atoms with E-state index in [4.69, 9.17) is 4.74 Å². The summed E-state index contributed by atoms with van der Waals surface area (Å²) >= 11 is 0. The summed E-state index contributed by atoms with van der Waals surface area (Å²) in [4.78, 5) is 22.2. The Hall–Kier alpha value is -0.750. The fraction of sp³-hybridized carbons (Fsp3) is 0.800. The van der Waals surface area contributed by atoms with Crippen LogP contribution in [0.2, 0.25) is 0 Å². The summed E-state index contributed by atoms with van der Waals surface area (Å²) in [7, 11) is 0.355. The molecule has 5 nitrogen and oxygen atoms in total. The van der Waals surface area contributed by atoms with Crippen LogP contribution in [-0.4, -0.2) is 47.8 Å². The first-order chi connectivity index (χ1) is 7.60. The first-order valence-electron chi connectivity index (χ1n) is 5.11. The Morgan fingerprint density at radius 2 is 2.00 bits per heavy atom. The molecule has 0 aromatic carbocycles. The van der Waals surface area contributed by atoms with Crippen LogP contribution < -0.4 is 0 Å². The predicted molar refractivity (Wildman–Crippen MR) is 60.6 cm³/mol. The molecule has 0 aromatic rings. The van der Waals surface area contributed by atoms with Crippen LogP contribution in [0.15, 0.2) is 0 Å². The molecule has 0 rings (SSSR count). The van der Waals surface area contributed by atoms with E-state index >= 15 is 0 Å². The summed E-state index contributed by atoms with van der Waals surface area (Å²) in [5, 5.41) is 0. The molecular weight excluding hydrogens is 232 g/mol. The molecule has 0 fully saturated rings. The number of Topliss-reactive ketones (excluding diaryl/α,β-unsaturated/α-hetero) is 1. The normalized spacial score (nSPS) is 12.1. The standard InChI is InChI=1S/C10H18O5S/c1-3-15-10(12)7-9(11)8-16(13)6-4-5-14-2/h3-8H2,1-2H3. The van der Waals surface area contributed by atoms with Crippen molar-refractivity contribution in [1.29, 1.82) is 0 Å². The fourth-order valence-electron chi connectivity index (χ4n) is 1.04. The average Bonchev–Trinajstić information content (AvgIpc) is 2.17. The molecule has 0 aliphatic carbocycles. The first-order valence-corrected chi connectivity index (χ1v) is 6.60. The van der Waals surface area contributed by atoms with E-state index in [-0.39, 0.29) is 24.6 Å². The van der Waals surface area contributed by atoms with Gasteiger partial charge in [-0.15, -0.1) is 0 Å². The van der Waals surface area contributed by atoms with E-state index in [1.54, 1.807) is 14.0 Å². The van der Waals surface area contributed by atoms with Crippen LogP contribution in [-0.2, 0) is 29.9 Å². The summed E-state index contributed by atoms with van der Waals surface area (Å²) in [6.45, 7) is 2.45. The van der Waals surface area contributed by atoms with E-state index in [1.807, 2.05) is 0 Å². The van der Waals surface area contributed by atoms with Gasteiger partial charge in [-0.3, -0.25) is 13.8 Å². The summed E-state index contributed by atoms with van der Waals surface area (Å²) in [5.41, 5.74) is 0. The lowest BCUT2D eigenvalue weighted by atomic mass is 10.3. The maximum Gasteiger partial charge on any atom is 0.313 e. The van der Waals surface area contributed by atoms with Gasteiger partial charge in [-0.05, 0) is 13.3 Å². The molecule has 0 aliphatic rings. The maximum atomic E-state index is 11.4. The molecule has 1 atom stereocenters. The van der Waals surface area contributed by atoms with Gasteiger partial charge in [-0.25, -0.2) is 0 Å². The van der Waals surface area contributed by atoms with Crippen LogP contribution in [0.4, 0.5) is 0 Å². The third-order valence-electron chi connectivity index (χ3n) is 1.69.